The maximum absolute atomic E-state index is 9.30. The third-order valence-corrected chi connectivity index (χ3v) is 1.66. The van der Waals surface area contributed by atoms with Crippen LogP contribution in [0.2, 0.25) is 0 Å². The molecule has 2 nitrogen and oxygen atoms in total. The standard InChI is InChI=1S/C9H12O2.Na.H/c1-3-7-5-4-6-8(10)9(7)11-2;;/h4-6,10H,3H2,1-2H3;;/q;+1;-1. The quantitative estimate of drug-likeness (QED) is 0.590. The molecular formula is C9H13NaO2. The molecule has 0 amide bonds. The van der Waals surface area contributed by atoms with Crippen LogP contribution in [0.1, 0.15) is 13.9 Å². The topological polar surface area (TPSA) is 29.5 Å². The molecule has 1 N–H and O–H groups in total. The smallest absolute Gasteiger partial charge is 1.00 e. The van der Waals surface area contributed by atoms with Crippen molar-refractivity contribution < 1.29 is 40.8 Å². The van der Waals surface area contributed by atoms with Crippen molar-refractivity contribution in [2.45, 2.75) is 13.3 Å². The Morgan fingerprint density at radius 2 is 2.17 bits per heavy atom. The van der Waals surface area contributed by atoms with Crippen molar-refractivity contribution in [1.29, 1.82) is 0 Å². The van der Waals surface area contributed by atoms with Gasteiger partial charge in [0, 0.05) is 0 Å². The van der Waals surface area contributed by atoms with Gasteiger partial charge in [-0.2, -0.15) is 0 Å². The van der Waals surface area contributed by atoms with E-state index in [1.807, 2.05) is 19.1 Å². The van der Waals surface area contributed by atoms with Gasteiger partial charge in [0.2, 0.25) is 0 Å². The summed E-state index contributed by atoms with van der Waals surface area (Å²) in [6.07, 6.45) is 0.873. The van der Waals surface area contributed by atoms with E-state index >= 15 is 0 Å². The van der Waals surface area contributed by atoms with Gasteiger partial charge < -0.3 is 11.3 Å². The maximum atomic E-state index is 9.30. The molecule has 0 aromatic heterocycles. The summed E-state index contributed by atoms with van der Waals surface area (Å²) in [5, 5.41) is 9.30. The third-order valence-electron chi connectivity index (χ3n) is 1.66. The molecule has 0 unspecified atom stereocenters. The first-order valence-electron chi connectivity index (χ1n) is 3.64. The van der Waals surface area contributed by atoms with Crippen LogP contribution in [0.4, 0.5) is 0 Å². The summed E-state index contributed by atoms with van der Waals surface area (Å²) in [5.41, 5.74) is 1.03. The van der Waals surface area contributed by atoms with Crippen molar-refractivity contribution in [1.82, 2.24) is 0 Å². The van der Waals surface area contributed by atoms with Crippen molar-refractivity contribution >= 4 is 0 Å². The average molecular weight is 176 g/mol. The number of aryl methyl sites for hydroxylation is 1. The fourth-order valence-corrected chi connectivity index (χ4v) is 1.09. The molecule has 0 bridgehead atoms. The van der Waals surface area contributed by atoms with E-state index < -0.39 is 0 Å². The summed E-state index contributed by atoms with van der Waals surface area (Å²) in [6, 6.07) is 5.38. The minimum atomic E-state index is 0. The molecule has 0 saturated carbocycles. The number of hydrogen-bond donors (Lipinski definition) is 1. The van der Waals surface area contributed by atoms with Crippen LogP contribution in [0.25, 0.3) is 0 Å². The third kappa shape index (κ3) is 2.41. The van der Waals surface area contributed by atoms with E-state index in [9.17, 15) is 5.11 Å². The normalized spacial score (nSPS) is 8.83. The summed E-state index contributed by atoms with van der Waals surface area (Å²) in [5.74, 6) is 0.807. The van der Waals surface area contributed by atoms with Gasteiger partial charge in [-0.3, -0.25) is 0 Å². The minimum Gasteiger partial charge on any atom is -1.00 e. The van der Waals surface area contributed by atoms with Gasteiger partial charge in [0.05, 0.1) is 7.11 Å². The van der Waals surface area contributed by atoms with Crippen LogP contribution in [0.5, 0.6) is 11.5 Å². The van der Waals surface area contributed by atoms with Crippen LogP contribution >= 0.6 is 0 Å². The predicted molar refractivity (Wildman–Crippen MR) is 45.1 cm³/mol. The predicted octanol–water partition coefficient (Wildman–Crippen LogP) is -0.920. The van der Waals surface area contributed by atoms with Gasteiger partial charge in [0.15, 0.2) is 11.5 Å². The number of phenolic OH excluding ortho intramolecular Hbond substituents is 1. The molecule has 0 aliphatic carbocycles. The molecule has 0 aliphatic rings. The Hall–Kier alpha value is -0.180. The zero-order valence-electron chi connectivity index (χ0n) is 8.79. The monoisotopic (exact) mass is 176 g/mol. The number of aromatic hydroxyl groups is 1. The Balaban J connectivity index is 0. The number of hydrogen-bond acceptors (Lipinski definition) is 2. The van der Waals surface area contributed by atoms with Gasteiger partial charge >= 0.3 is 29.6 Å². The van der Waals surface area contributed by atoms with E-state index in [0.29, 0.717) is 5.75 Å². The molecule has 3 heteroatoms. The molecule has 0 saturated heterocycles. The van der Waals surface area contributed by atoms with E-state index in [0.717, 1.165) is 12.0 Å². The Kier molecular flexibility index (Phi) is 5.38. The minimum absolute atomic E-state index is 0. The zero-order valence-corrected chi connectivity index (χ0v) is 9.79. The second-order valence-electron chi connectivity index (χ2n) is 2.32. The van der Waals surface area contributed by atoms with Crippen molar-refractivity contribution in [3.63, 3.8) is 0 Å². The van der Waals surface area contributed by atoms with Crippen LogP contribution in [-0.2, 0) is 6.42 Å². The molecule has 0 fully saturated rings. The van der Waals surface area contributed by atoms with Crippen LogP contribution in [0.3, 0.4) is 0 Å². The largest absolute Gasteiger partial charge is 1.00 e. The Bertz CT molecular complexity index is 253. The van der Waals surface area contributed by atoms with Crippen molar-refractivity contribution in [3.05, 3.63) is 23.8 Å². The molecule has 62 valence electrons. The van der Waals surface area contributed by atoms with Gasteiger partial charge in [0.25, 0.3) is 0 Å². The summed E-state index contributed by atoms with van der Waals surface area (Å²) in [4.78, 5) is 0. The number of methoxy groups -OCH3 is 1. The number of rotatable bonds is 2. The van der Waals surface area contributed by atoms with Gasteiger partial charge in [0.1, 0.15) is 0 Å². The summed E-state index contributed by atoms with van der Waals surface area (Å²) >= 11 is 0. The number of para-hydroxylation sites is 1. The first-order chi connectivity index (χ1) is 5.29. The van der Waals surface area contributed by atoms with E-state index in [-0.39, 0.29) is 36.7 Å². The van der Waals surface area contributed by atoms with Crippen LogP contribution < -0.4 is 34.3 Å². The molecule has 1 aromatic carbocycles. The van der Waals surface area contributed by atoms with E-state index in [4.69, 9.17) is 4.74 Å². The molecule has 1 aromatic rings. The molecule has 0 atom stereocenters. The SMILES string of the molecule is CCc1cccc(O)c1OC.[H-].[Na+]. The number of ether oxygens (including phenoxy) is 1. The van der Waals surface area contributed by atoms with E-state index in [1.165, 1.54) is 0 Å². The van der Waals surface area contributed by atoms with Crippen LogP contribution in [-0.4, -0.2) is 12.2 Å². The van der Waals surface area contributed by atoms with Crippen molar-refractivity contribution in [2.24, 2.45) is 0 Å². The van der Waals surface area contributed by atoms with Gasteiger partial charge in [-0.1, -0.05) is 19.1 Å². The van der Waals surface area contributed by atoms with Gasteiger partial charge in [-0.05, 0) is 18.1 Å². The zero-order chi connectivity index (χ0) is 8.27. The first-order valence-corrected chi connectivity index (χ1v) is 3.64. The van der Waals surface area contributed by atoms with E-state index in [2.05, 4.69) is 0 Å². The van der Waals surface area contributed by atoms with Gasteiger partial charge in [-0.15, -0.1) is 0 Å². The maximum Gasteiger partial charge on any atom is 1.00 e. The first kappa shape index (κ1) is 11.8. The Morgan fingerprint density at radius 1 is 1.50 bits per heavy atom. The fourth-order valence-electron chi connectivity index (χ4n) is 1.09. The van der Waals surface area contributed by atoms with Crippen LogP contribution in [0.15, 0.2) is 18.2 Å². The Labute approximate surface area is 96.3 Å². The molecular weight excluding hydrogens is 163 g/mol. The van der Waals surface area contributed by atoms with Crippen molar-refractivity contribution in [3.8, 4) is 11.5 Å². The van der Waals surface area contributed by atoms with Crippen LogP contribution in [0, 0.1) is 0 Å². The molecule has 1 rings (SSSR count). The average Bonchev–Trinajstić information content (AvgIpc) is 2.04. The number of benzene rings is 1. The molecule has 0 spiro atoms. The molecule has 12 heavy (non-hydrogen) atoms. The summed E-state index contributed by atoms with van der Waals surface area (Å²) in [7, 11) is 1.56. The fraction of sp³-hybridized carbons (Fsp3) is 0.333. The number of phenols is 1. The second kappa shape index (κ2) is 5.46. The Morgan fingerprint density at radius 3 is 2.58 bits per heavy atom. The van der Waals surface area contributed by atoms with Gasteiger partial charge in [-0.25, -0.2) is 0 Å². The molecule has 0 heterocycles. The molecule has 0 aliphatic heterocycles. The molecule has 0 radical (unpaired) electrons. The summed E-state index contributed by atoms with van der Waals surface area (Å²) < 4.78 is 5.02. The second-order valence-corrected chi connectivity index (χ2v) is 2.32. The van der Waals surface area contributed by atoms with E-state index in [1.54, 1.807) is 13.2 Å². The summed E-state index contributed by atoms with van der Waals surface area (Å²) in [6.45, 7) is 2.03. The van der Waals surface area contributed by atoms with Crippen molar-refractivity contribution in [2.75, 3.05) is 7.11 Å².